The summed E-state index contributed by atoms with van der Waals surface area (Å²) in [5.74, 6) is 0.957. The van der Waals surface area contributed by atoms with Crippen molar-refractivity contribution in [3.63, 3.8) is 0 Å². The van der Waals surface area contributed by atoms with Gasteiger partial charge >= 0.3 is 0 Å². The lowest BCUT2D eigenvalue weighted by Gasteiger charge is -2.19. The average Bonchev–Trinajstić information content (AvgIpc) is 2.65. The number of hydrogen-bond donors (Lipinski definition) is 1. The number of anilines is 2. The fourth-order valence-corrected chi connectivity index (χ4v) is 2.40. The van der Waals surface area contributed by atoms with Crippen LogP contribution in [-0.4, -0.2) is 38.7 Å². The summed E-state index contributed by atoms with van der Waals surface area (Å²) in [6.07, 6.45) is 5.55. The molecule has 1 aromatic carbocycles. The van der Waals surface area contributed by atoms with Crippen molar-refractivity contribution in [1.82, 2.24) is 4.98 Å². The van der Waals surface area contributed by atoms with Crippen molar-refractivity contribution in [1.29, 1.82) is 0 Å². The quantitative estimate of drug-likeness (QED) is 0.793. The van der Waals surface area contributed by atoms with Gasteiger partial charge in [-0.05, 0) is 24.6 Å². The average molecular weight is 343 g/mol. The number of methoxy groups -OCH3 is 2. The van der Waals surface area contributed by atoms with Gasteiger partial charge in [0, 0.05) is 31.5 Å². The number of pyridine rings is 1. The Bertz CT molecular complexity index is 719. The fraction of sp³-hybridized carbons (Fsp3) is 0.368. The molecule has 0 spiro atoms. The second kappa shape index (κ2) is 8.92. The number of amides is 1. The molecule has 2 rings (SSSR count). The van der Waals surface area contributed by atoms with Gasteiger partial charge in [-0.2, -0.15) is 0 Å². The molecule has 1 amide bonds. The first-order chi connectivity index (χ1) is 12.1. The lowest BCUT2D eigenvalue weighted by molar-refractivity contribution is 0.102. The van der Waals surface area contributed by atoms with E-state index in [0.717, 1.165) is 25.1 Å². The molecule has 2 aromatic rings. The van der Waals surface area contributed by atoms with Crippen molar-refractivity contribution in [3.05, 3.63) is 42.2 Å². The third-order valence-electron chi connectivity index (χ3n) is 3.92. The summed E-state index contributed by atoms with van der Waals surface area (Å²) >= 11 is 0. The number of carbonyl (C=O) groups is 1. The molecule has 134 valence electrons. The SMILES string of the molecule is CCCCN(C)c1cncc(C(=O)Nc2ccc(OC)c(OC)c2)c1. The molecule has 0 aliphatic heterocycles. The van der Waals surface area contributed by atoms with Gasteiger partial charge in [-0.15, -0.1) is 0 Å². The molecule has 25 heavy (non-hydrogen) atoms. The summed E-state index contributed by atoms with van der Waals surface area (Å²) in [7, 11) is 5.13. The Morgan fingerprint density at radius 2 is 1.92 bits per heavy atom. The molecule has 1 N–H and O–H groups in total. The Kier molecular flexibility index (Phi) is 6.62. The number of benzene rings is 1. The van der Waals surface area contributed by atoms with E-state index < -0.39 is 0 Å². The number of nitrogens with one attached hydrogen (secondary N) is 1. The minimum atomic E-state index is -0.217. The summed E-state index contributed by atoms with van der Waals surface area (Å²) in [6.45, 7) is 3.08. The Hall–Kier alpha value is -2.76. The monoisotopic (exact) mass is 343 g/mol. The van der Waals surface area contributed by atoms with Crippen molar-refractivity contribution in [2.75, 3.05) is 38.0 Å². The van der Waals surface area contributed by atoms with Crippen LogP contribution >= 0.6 is 0 Å². The molecule has 1 aromatic heterocycles. The summed E-state index contributed by atoms with van der Waals surface area (Å²) in [4.78, 5) is 18.8. The van der Waals surface area contributed by atoms with Crippen LogP contribution < -0.4 is 19.7 Å². The summed E-state index contributed by atoms with van der Waals surface area (Å²) < 4.78 is 10.5. The molecule has 1 heterocycles. The van der Waals surface area contributed by atoms with E-state index in [4.69, 9.17) is 9.47 Å². The number of unbranched alkanes of at least 4 members (excludes halogenated alkanes) is 1. The van der Waals surface area contributed by atoms with E-state index in [-0.39, 0.29) is 5.91 Å². The van der Waals surface area contributed by atoms with E-state index in [1.807, 2.05) is 13.1 Å². The Morgan fingerprint density at radius 1 is 1.16 bits per heavy atom. The molecule has 0 aliphatic rings. The standard InChI is InChI=1S/C19H25N3O3/c1-5-6-9-22(2)16-10-14(12-20-13-16)19(23)21-15-7-8-17(24-3)18(11-15)25-4/h7-8,10-13H,5-6,9H2,1-4H3,(H,21,23). The summed E-state index contributed by atoms with van der Waals surface area (Å²) in [5, 5.41) is 2.86. The zero-order valence-electron chi connectivity index (χ0n) is 15.2. The lowest BCUT2D eigenvalue weighted by Crippen LogP contribution is -2.19. The number of carbonyl (C=O) groups excluding carboxylic acids is 1. The van der Waals surface area contributed by atoms with Crippen LogP contribution in [0.2, 0.25) is 0 Å². The van der Waals surface area contributed by atoms with Crippen molar-refractivity contribution in [3.8, 4) is 11.5 Å². The Morgan fingerprint density at radius 3 is 2.60 bits per heavy atom. The molecule has 0 saturated carbocycles. The maximum Gasteiger partial charge on any atom is 0.257 e. The van der Waals surface area contributed by atoms with Gasteiger partial charge in [-0.3, -0.25) is 9.78 Å². The van der Waals surface area contributed by atoms with Gasteiger partial charge in [0.05, 0.1) is 31.7 Å². The van der Waals surface area contributed by atoms with Crippen LogP contribution in [0.15, 0.2) is 36.7 Å². The van der Waals surface area contributed by atoms with Gasteiger partial charge in [0.15, 0.2) is 11.5 Å². The predicted molar refractivity (Wildman–Crippen MR) is 99.9 cm³/mol. The minimum absolute atomic E-state index is 0.217. The molecular weight excluding hydrogens is 318 g/mol. The maximum absolute atomic E-state index is 12.5. The van der Waals surface area contributed by atoms with Crippen LogP contribution in [0, 0.1) is 0 Å². The van der Waals surface area contributed by atoms with E-state index in [0.29, 0.717) is 22.7 Å². The van der Waals surface area contributed by atoms with E-state index in [9.17, 15) is 4.79 Å². The highest BCUT2D eigenvalue weighted by Crippen LogP contribution is 2.30. The molecule has 0 saturated heterocycles. The number of hydrogen-bond acceptors (Lipinski definition) is 5. The van der Waals surface area contributed by atoms with Gasteiger partial charge < -0.3 is 19.7 Å². The molecule has 0 radical (unpaired) electrons. The van der Waals surface area contributed by atoms with Crippen molar-refractivity contribution in [2.45, 2.75) is 19.8 Å². The first kappa shape index (κ1) is 18.6. The normalized spacial score (nSPS) is 10.2. The number of ether oxygens (including phenoxy) is 2. The Balaban J connectivity index is 2.13. The second-order valence-electron chi connectivity index (χ2n) is 5.73. The van der Waals surface area contributed by atoms with Crippen molar-refractivity contribution in [2.24, 2.45) is 0 Å². The van der Waals surface area contributed by atoms with Gasteiger partial charge in [0.1, 0.15) is 0 Å². The fourth-order valence-electron chi connectivity index (χ4n) is 2.40. The highest BCUT2D eigenvalue weighted by molar-refractivity contribution is 6.04. The van der Waals surface area contributed by atoms with Crippen LogP contribution in [0.1, 0.15) is 30.1 Å². The summed E-state index contributed by atoms with van der Waals surface area (Å²) in [6, 6.07) is 7.09. The molecule has 0 aliphatic carbocycles. The molecular formula is C19H25N3O3. The van der Waals surface area contributed by atoms with Gasteiger partial charge in [0.25, 0.3) is 5.91 Å². The lowest BCUT2D eigenvalue weighted by atomic mass is 10.2. The largest absolute Gasteiger partial charge is 0.493 e. The van der Waals surface area contributed by atoms with Gasteiger partial charge in [0.2, 0.25) is 0 Å². The van der Waals surface area contributed by atoms with Gasteiger partial charge in [-0.25, -0.2) is 0 Å². The van der Waals surface area contributed by atoms with E-state index in [2.05, 4.69) is 22.1 Å². The molecule has 6 nitrogen and oxygen atoms in total. The van der Waals surface area contributed by atoms with Crippen molar-refractivity contribution < 1.29 is 14.3 Å². The van der Waals surface area contributed by atoms with Gasteiger partial charge in [-0.1, -0.05) is 13.3 Å². The molecule has 0 atom stereocenters. The Labute approximate surface area is 148 Å². The van der Waals surface area contributed by atoms with E-state index in [1.165, 1.54) is 0 Å². The predicted octanol–water partition coefficient (Wildman–Crippen LogP) is 3.59. The molecule has 0 bridgehead atoms. The zero-order chi connectivity index (χ0) is 18.2. The molecule has 6 heteroatoms. The summed E-state index contributed by atoms with van der Waals surface area (Å²) in [5.41, 5.74) is 2.07. The molecule has 0 fully saturated rings. The van der Waals surface area contributed by atoms with Crippen molar-refractivity contribution >= 4 is 17.3 Å². The highest BCUT2D eigenvalue weighted by Gasteiger charge is 2.11. The number of rotatable bonds is 8. The van der Waals surface area contributed by atoms with E-state index in [1.54, 1.807) is 44.8 Å². The van der Waals surface area contributed by atoms with Crippen LogP contribution in [0.5, 0.6) is 11.5 Å². The second-order valence-corrected chi connectivity index (χ2v) is 5.73. The maximum atomic E-state index is 12.5. The van der Waals surface area contributed by atoms with Crippen LogP contribution in [0.25, 0.3) is 0 Å². The van der Waals surface area contributed by atoms with Crippen LogP contribution in [0.4, 0.5) is 11.4 Å². The van der Waals surface area contributed by atoms with E-state index >= 15 is 0 Å². The number of aromatic nitrogens is 1. The highest BCUT2D eigenvalue weighted by atomic mass is 16.5. The number of nitrogens with zero attached hydrogens (tertiary/aromatic N) is 2. The zero-order valence-corrected chi connectivity index (χ0v) is 15.2. The third kappa shape index (κ3) is 4.86. The van der Waals surface area contributed by atoms with Crippen LogP contribution in [-0.2, 0) is 0 Å². The van der Waals surface area contributed by atoms with Crippen LogP contribution in [0.3, 0.4) is 0 Å². The topological polar surface area (TPSA) is 63.7 Å². The molecule has 0 unspecified atom stereocenters. The third-order valence-corrected chi connectivity index (χ3v) is 3.92. The smallest absolute Gasteiger partial charge is 0.257 e. The minimum Gasteiger partial charge on any atom is -0.493 e. The first-order valence-electron chi connectivity index (χ1n) is 8.28. The first-order valence-corrected chi connectivity index (χ1v) is 8.28.